The fourth-order valence-corrected chi connectivity index (χ4v) is 2.97. The second-order valence-corrected chi connectivity index (χ2v) is 6.79. The molecule has 0 atom stereocenters. The molecule has 2 aromatic heterocycles. The lowest BCUT2D eigenvalue weighted by Crippen LogP contribution is -2.22. The van der Waals surface area contributed by atoms with E-state index in [4.69, 9.17) is 0 Å². The van der Waals surface area contributed by atoms with Crippen molar-refractivity contribution in [1.82, 2.24) is 19.7 Å². The van der Waals surface area contributed by atoms with Gasteiger partial charge in [0.2, 0.25) is 0 Å². The molecule has 0 aliphatic carbocycles. The Kier molecular flexibility index (Phi) is 3.62. The Hall–Kier alpha value is -1.43. The molecule has 0 fully saturated rings. The molecule has 0 bridgehead atoms. The summed E-state index contributed by atoms with van der Waals surface area (Å²) < 4.78 is 2.29. The topological polar surface area (TPSA) is 63.6 Å². The number of aromatic nitrogens is 4. The summed E-state index contributed by atoms with van der Waals surface area (Å²) in [5.74, 6) is 0.575. The maximum atomic E-state index is 12.1. The number of nitrogens with zero attached hydrogens (tertiary/aromatic N) is 3. The smallest absolute Gasteiger partial charge is 0.265 e. The highest BCUT2D eigenvalue weighted by Gasteiger charge is 2.24. The Labute approximate surface area is 126 Å². The maximum Gasteiger partial charge on any atom is 0.265 e. The molecule has 0 saturated carbocycles. The Morgan fingerprint density at radius 2 is 1.85 bits per heavy atom. The van der Waals surface area contributed by atoms with Gasteiger partial charge in [-0.05, 0) is 29.8 Å². The van der Waals surface area contributed by atoms with Gasteiger partial charge in [-0.1, -0.05) is 20.8 Å². The number of aromatic amines is 1. The van der Waals surface area contributed by atoms with Crippen LogP contribution in [0.1, 0.15) is 37.9 Å². The van der Waals surface area contributed by atoms with Crippen molar-refractivity contribution in [2.24, 2.45) is 7.05 Å². The van der Waals surface area contributed by atoms with Crippen molar-refractivity contribution >= 4 is 15.9 Å². The number of H-pyrrole nitrogens is 1. The van der Waals surface area contributed by atoms with Gasteiger partial charge in [-0.25, -0.2) is 4.98 Å². The highest BCUT2D eigenvalue weighted by Crippen LogP contribution is 2.29. The minimum absolute atomic E-state index is 0.164. The predicted octanol–water partition coefficient (Wildman–Crippen LogP) is 2.85. The van der Waals surface area contributed by atoms with Crippen LogP contribution in [0.25, 0.3) is 11.4 Å². The van der Waals surface area contributed by atoms with Crippen molar-refractivity contribution in [3.05, 3.63) is 31.9 Å². The minimum atomic E-state index is -0.216. The Bertz CT molecular complexity index is 722. The van der Waals surface area contributed by atoms with Crippen molar-refractivity contribution in [3.8, 4) is 11.4 Å². The van der Waals surface area contributed by atoms with Crippen LogP contribution in [0.5, 0.6) is 0 Å². The van der Waals surface area contributed by atoms with Crippen LogP contribution in [0, 0.1) is 13.8 Å². The van der Waals surface area contributed by atoms with Crippen LogP contribution >= 0.6 is 15.9 Å². The Balaban J connectivity index is 2.77. The maximum absolute atomic E-state index is 12.1. The van der Waals surface area contributed by atoms with E-state index >= 15 is 0 Å². The molecule has 108 valence electrons. The van der Waals surface area contributed by atoms with Crippen molar-refractivity contribution in [2.75, 3.05) is 0 Å². The van der Waals surface area contributed by atoms with E-state index in [1.54, 1.807) is 4.68 Å². The lowest BCUT2D eigenvalue weighted by atomic mass is 9.92. The zero-order valence-corrected chi connectivity index (χ0v) is 14.2. The summed E-state index contributed by atoms with van der Waals surface area (Å²) in [6, 6.07) is 0. The summed E-state index contributed by atoms with van der Waals surface area (Å²) in [6.45, 7) is 9.99. The van der Waals surface area contributed by atoms with Gasteiger partial charge < -0.3 is 4.98 Å². The van der Waals surface area contributed by atoms with Crippen LogP contribution in [0.4, 0.5) is 0 Å². The number of halogens is 1. The molecule has 0 unspecified atom stereocenters. The van der Waals surface area contributed by atoms with Crippen molar-refractivity contribution in [1.29, 1.82) is 0 Å². The summed E-state index contributed by atoms with van der Waals surface area (Å²) >= 11 is 3.34. The molecule has 0 amide bonds. The van der Waals surface area contributed by atoms with Gasteiger partial charge in [0, 0.05) is 18.2 Å². The van der Waals surface area contributed by atoms with Gasteiger partial charge >= 0.3 is 0 Å². The molecular formula is C14H19BrN4O. The fourth-order valence-electron chi connectivity index (χ4n) is 2.19. The number of hydrogen-bond donors (Lipinski definition) is 1. The van der Waals surface area contributed by atoms with Crippen molar-refractivity contribution in [2.45, 2.75) is 40.0 Å². The lowest BCUT2D eigenvalue weighted by molar-refractivity contribution is 0.562. The zero-order valence-electron chi connectivity index (χ0n) is 12.6. The van der Waals surface area contributed by atoms with E-state index in [1.807, 2.05) is 41.7 Å². The average Bonchev–Trinajstić information content (AvgIpc) is 2.55. The highest BCUT2D eigenvalue weighted by molar-refractivity contribution is 9.10. The van der Waals surface area contributed by atoms with E-state index in [0.717, 1.165) is 22.6 Å². The minimum Gasteiger partial charge on any atom is -0.305 e. The second kappa shape index (κ2) is 4.84. The number of nitrogens with one attached hydrogen (secondary N) is 1. The van der Waals surface area contributed by atoms with E-state index < -0.39 is 0 Å². The molecule has 5 nitrogen and oxygen atoms in total. The van der Waals surface area contributed by atoms with Gasteiger partial charge in [0.25, 0.3) is 5.56 Å². The van der Waals surface area contributed by atoms with Crippen LogP contribution < -0.4 is 5.56 Å². The first-order valence-corrected chi connectivity index (χ1v) is 7.23. The molecule has 0 spiro atoms. The third-order valence-electron chi connectivity index (χ3n) is 3.32. The van der Waals surface area contributed by atoms with Gasteiger partial charge in [-0.2, -0.15) is 5.10 Å². The van der Waals surface area contributed by atoms with Gasteiger partial charge in [0.05, 0.1) is 17.0 Å². The van der Waals surface area contributed by atoms with E-state index in [0.29, 0.717) is 10.3 Å². The SMILES string of the molecule is Cc1nn(C)c(C)c1-c1nc(C(C)(C)C)c(Br)c(=O)[nH]1. The van der Waals surface area contributed by atoms with Gasteiger partial charge in [-0.3, -0.25) is 9.48 Å². The van der Waals surface area contributed by atoms with Gasteiger partial charge in [-0.15, -0.1) is 0 Å². The molecule has 2 rings (SSSR count). The number of hydrogen-bond acceptors (Lipinski definition) is 3. The van der Waals surface area contributed by atoms with Crippen molar-refractivity contribution in [3.63, 3.8) is 0 Å². The van der Waals surface area contributed by atoms with Gasteiger partial charge in [0.1, 0.15) is 10.3 Å². The molecule has 0 saturated heterocycles. The quantitative estimate of drug-likeness (QED) is 0.869. The number of rotatable bonds is 1. The summed E-state index contributed by atoms with van der Waals surface area (Å²) in [5.41, 5.74) is 3.10. The van der Waals surface area contributed by atoms with Crippen LogP contribution in [0.2, 0.25) is 0 Å². The van der Waals surface area contributed by atoms with Crippen molar-refractivity contribution < 1.29 is 0 Å². The predicted molar refractivity (Wildman–Crippen MR) is 82.9 cm³/mol. The summed E-state index contributed by atoms with van der Waals surface area (Å²) in [4.78, 5) is 19.6. The van der Waals surface area contributed by atoms with E-state index in [2.05, 4.69) is 31.0 Å². The molecule has 0 aromatic carbocycles. The Morgan fingerprint density at radius 3 is 2.30 bits per heavy atom. The highest BCUT2D eigenvalue weighted by atomic mass is 79.9. The second-order valence-electron chi connectivity index (χ2n) is 6.00. The standard InChI is InChI=1S/C14H19BrN4O/c1-7-9(8(2)19(6)18-7)12-16-11(14(3,4)5)10(15)13(20)17-12/h1-6H3,(H,16,17,20). The third-order valence-corrected chi connectivity index (χ3v) is 4.05. The monoisotopic (exact) mass is 338 g/mol. The molecule has 2 heterocycles. The van der Waals surface area contributed by atoms with Crippen LogP contribution in [0.3, 0.4) is 0 Å². The summed E-state index contributed by atoms with van der Waals surface area (Å²) in [5, 5.41) is 4.37. The lowest BCUT2D eigenvalue weighted by Gasteiger charge is -2.19. The van der Waals surface area contributed by atoms with Gasteiger partial charge in [0.15, 0.2) is 0 Å². The summed E-state index contributed by atoms with van der Waals surface area (Å²) in [6.07, 6.45) is 0. The molecule has 6 heteroatoms. The molecular weight excluding hydrogens is 320 g/mol. The largest absolute Gasteiger partial charge is 0.305 e. The first kappa shape index (κ1) is 15.0. The average molecular weight is 339 g/mol. The fraction of sp³-hybridized carbons (Fsp3) is 0.500. The number of aryl methyl sites for hydroxylation is 2. The van der Waals surface area contributed by atoms with Crippen LogP contribution in [-0.4, -0.2) is 19.7 Å². The van der Waals surface area contributed by atoms with Crippen LogP contribution in [-0.2, 0) is 12.5 Å². The molecule has 0 radical (unpaired) electrons. The van der Waals surface area contributed by atoms with E-state index in [9.17, 15) is 4.79 Å². The van der Waals surface area contributed by atoms with Crippen LogP contribution in [0.15, 0.2) is 9.27 Å². The zero-order chi connectivity index (χ0) is 15.2. The molecule has 20 heavy (non-hydrogen) atoms. The Morgan fingerprint density at radius 1 is 1.25 bits per heavy atom. The molecule has 2 aromatic rings. The first-order valence-electron chi connectivity index (χ1n) is 6.43. The first-order chi connectivity index (χ1) is 9.12. The van der Waals surface area contributed by atoms with E-state index in [-0.39, 0.29) is 11.0 Å². The third kappa shape index (κ3) is 2.44. The molecule has 0 aliphatic rings. The normalized spacial score (nSPS) is 11.9. The summed E-state index contributed by atoms with van der Waals surface area (Å²) in [7, 11) is 1.88. The van der Waals surface area contributed by atoms with E-state index in [1.165, 1.54) is 0 Å². The molecule has 1 N–H and O–H groups in total. The molecule has 0 aliphatic heterocycles.